The normalized spacial score (nSPS) is 10.2. The highest BCUT2D eigenvalue weighted by Gasteiger charge is 2.06. The molecule has 4 nitrogen and oxygen atoms in total. The van der Waals surface area contributed by atoms with E-state index < -0.39 is 0 Å². The summed E-state index contributed by atoms with van der Waals surface area (Å²) < 4.78 is 0. The van der Waals surface area contributed by atoms with E-state index in [1.807, 2.05) is 19.1 Å². The van der Waals surface area contributed by atoms with Crippen LogP contribution < -0.4 is 10.6 Å². The van der Waals surface area contributed by atoms with Crippen LogP contribution in [0, 0.1) is 20.8 Å². The minimum Gasteiger partial charge on any atom is -0.366 e. The van der Waals surface area contributed by atoms with Crippen molar-refractivity contribution in [3.8, 4) is 0 Å². The van der Waals surface area contributed by atoms with Crippen LogP contribution in [-0.2, 0) is 0 Å². The van der Waals surface area contributed by atoms with E-state index in [2.05, 4.69) is 53.2 Å². The predicted octanol–water partition coefficient (Wildman–Crippen LogP) is 3.74. The van der Waals surface area contributed by atoms with Gasteiger partial charge >= 0.3 is 0 Å². The van der Waals surface area contributed by atoms with Gasteiger partial charge in [0.2, 0.25) is 5.95 Å². The third-order valence-electron chi connectivity index (χ3n) is 3.00. The van der Waals surface area contributed by atoms with E-state index in [-0.39, 0.29) is 0 Å². The molecule has 0 fully saturated rings. The molecule has 2 rings (SSSR count). The lowest BCUT2D eigenvalue weighted by atomic mass is 10.1. The lowest BCUT2D eigenvalue weighted by molar-refractivity contribution is 1.09. The van der Waals surface area contributed by atoms with Crippen molar-refractivity contribution < 1.29 is 0 Å². The van der Waals surface area contributed by atoms with Gasteiger partial charge in [-0.2, -0.15) is 4.98 Å². The second-order valence-electron chi connectivity index (χ2n) is 4.78. The highest BCUT2D eigenvalue weighted by molar-refractivity contribution is 5.63. The first-order valence-corrected chi connectivity index (χ1v) is 6.64. The number of hydrogen-bond donors (Lipinski definition) is 2. The van der Waals surface area contributed by atoms with E-state index in [9.17, 15) is 0 Å². The van der Waals surface area contributed by atoms with Gasteiger partial charge in [-0.3, -0.25) is 0 Å². The van der Waals surface area contributed by atoms with E-state index in [4.69, 9.17) is 0 Å². The van der Waals surface area contributed by atoms with Crippen LogP contribution in [-0.4, -0.2) is 16.5 Å². The molecular formula is C16H20N4. The average molecular weight is 268 g/mol. The van der Waals surface area contributed by atoms with Crippen molar-refractivity contribution in [3.63, 3.8) is 0 Å². The third kappa shape index (κ3) is 3.35. The lowest BCUT2D eigenvalue weighted by Crippen LogP contribution is -2.06. The van der Waals surface area contributed by atoms with Gasteiger partial charge < -0.3 is 10.6 Å². The Hall–Kier alpha value is -2.36. The Balaban J connectivity index is 2.29. The van der Waals surface area contributed by atoms with Crippen LogP contribution in [0.3, 0.4) is 0 Å². The standard InChI is InChI=1S/C16H20N4/c1-5-9-17-14-10-13(4)18-16(19-14)20-15-11(2)7-6-8-12(15)3/h5-8,10H,1,9H2,2-4H3,(H2,17,18,19,20). The van der Waals surface area contributed by atoms with Crippen molar-refractivity contribution >= 4 is 17.5 Å². The molecule has 0 atom stereocenters. The van der Waals surface area contributed by atoms with Gasteiger partial charge in [-0.05, 0) is 31.9 Å². The van der Waals surface area contributed by atoms with Crippen LogP contribution in [0.1, 0.15) is 16.8 Å². The molecule has 1 aromatic heterocycles. The molecule has 0 aliphatic carbocycles. The molecule has 0 saturated carbocycles. The molecule has 1 aromatic carbocycles. The van der Waals surface area contributed by atoms with E-state index >= 15 is 0 Å². The second-order valence-corrected chi connectivity index (χ2v) is 4.78. The number of benzene rings is 1. The molecule has 0 bridgehead atoms. The number of hydrogen-bond acceptors (Lipinski definition) is 4. The summed E-state index contributed by atoms with van der Waals surface area (Å²) in [5.74, 6) is 1.40. The molecular weight excluding hydrogens is 248 g/mol. The fourth-order valence-electron chi connectivity index (χ4n) is 2.02. The summed E-state index contributed by atoms with van der Waals surface area (Å²) in [6.07, 6.45) is 1.80. The van der Waals surface area contributed by atoms with Gasteiger partial charge in [0.25, 0.3) is 0 Å². The molecule has 0 spiro atoms. The maximum Gasteiger partial charge on any atom is 0.229 e. The summed E-state index contributed by atoms with van der Waals surface area (Å²) in [7, 11) is 0. The lowest BCUT2D eigenvalue weighted by Gasteiger charge is -2.13. The van der Waals surface area contributed by atoms with Gasteiger partial charge in [0.15, 0.2) is 0 Å². The van der Waals surface area contributed by atoms with Gasteiger partial charge in [-0.15, -0.1) is 6.58 Å². The fraction of sp³-hybridized carbons (Fsp3) is 0.250. The van der Waals surface area contributed by atoms with Gasteiger partial charge in [-0.1, -0.05) is 24.3 Å². The molecule has 0 unspecified atom stereocenters. The molecule has 0 aliphatic rings. The fourth-order valence-corrected chi connectivity index (χ4v) is 2.02. The molecule has 2 aromatic rings. The number of rotatable bonds is 5. The van der Waals surface area contributed by atoms with E-state index in [0.717, 1.165) is 17.2 Å². The zero-order valence-electron chi connectivity index (χ0n) is 12.2. The SMILES string of the molecule is C=CCNc1cc(C)nc(Nc2c(C)cccc2C)n1. The summed E-state index contributed by atoms with van der Waals surface area (Å²) >= 11 is 0. The first kappa shape index (κ1) is 14.1. The van der Waals surface area contributed by atoms with Gasteiger partial charge in [-0.25, -0.2) is 4.98 Å². The summed E-state index contributed by atoms with van der Waals surface area (Å²) in [5.41, 5.74) is 4.33. The van der Waals surface area contributed by atoms with Crippen LogP contribution >= 0.6 is 0 Å². The summed E-state index contributed by atoms with van der Waals surface area (Å²) in [5, 5.41) is 6.49. The molecule has 2 N–H and O–H groups in total. The summed E-state index contributed by atoms with van der Waals surface area (Å²) in [4.78, 5) is 8.90. The smallest absolute Gasteiger partial charge is 0.229 e. The summed E-state index contributed by atoms with van der Waals surface area (Å²) in [6.45, 7) is 10.5. The van der Waals surface area contributed by atoms with E-state index in [0.29, 0.717) is 12.5 Å². The molecule has 20 heavy (non-hydrogen) atoms. The predicted molar refractivity (Wildman–Crippen MR) is 84.7 cm³/mol. The van der Waals surface area contributed by atoms with Crippen molar-refractivity contribution in [2.75, 3.05) is 17.2 Å². The number of nitrogens with zero attached hydrogens (tertiary/aromatic N) is 2. The Morgan fingerprint density at radius 1 is 1.15 bits per heavy atom. The Kier molecular flexibility index (Phi) is 4.35. The topological polar surface area (TPSA) is 49.8 Å². The van der Waals surface area contributed by atoms with Gasteiger partial charge in [0.05, 0.1) is 0 Å². The minimum atomic E-state index is 0.606. The van der Waals surface area contributed by atoms with E-state index in [1.54, 1.807) is 6.08 Å². The highest BCUT2D eigenvalue weighted by Crippen LogP contribution is 2.23. The van der Waals surface area contributed by atoms with Crippen molar-refractivity contribution in [2.45, 2.75) is 20.8 Å². The number of nitrogens with one attached hydrogen (secondary N) is 2. The molecule has 0 aliphatic heterocycles. The Morgan fingerprint density at radius 3 is 2.50 bits per heavy atom. The van der Waals surface area contributed by atoms with Crippen LogP contribution in [0.15, 0.2) is 36.9 Å². The van der Waals surface area contributed by atoms with Gasteiger partial charge in [0, 0.05) is 24.0 Å². The number of anilines is 3. The van der Waals surface area contributed by atoms with Crippen molar-refractivity contribution in [1.29, 1.82) is 0 Å². The first-order chi connectivity index (χ1) is 9.60. The quantitative estimate of drug-likeness (QED) is 0.811. The maximum absolute atomic E-state index is 4.47. The van der Waals surface area contributed by atoms with Crippen molar-refractivity contribution in [1.82, 2.24) is 9.97 Å². The Labute approximate surface area is 120 Å². The molecule has 4 heteroatoms. The van der Waals surface area contributed by atoms with Crippen LogP contribution in [0.4, 0.5) is 17.5 Å². The zero-order valence-corrected chi connectivity index (χ0v) is 12.2. The Morgan fingerprint density at radius 2 is 1.85 bits per heavy atom. The van der Waals surface area contributed by atoms with Crippen molar-refractivity contribution in [3.05, 3.63) is 53.7 Å². The van der Waals surface area contributed by atoms with Crippen LogP contribution in [0.5, 0.6) is 0 Å². The average Bonchev–Trinajstić information content (AvgIpc) is 2.40. The summed E-state index contributed by atoms with van der Waals surface area (Å²) in [6, 6.07) is 8.10. The number of aromatic nitrogens is 2. The number of para-hydroxylation sites is 1. The molecule has 104 valence electrons. The minimum absolute atomic E-state index is 0.606. The number of aryl methyl sites for hydroxylation is 3. The van der Waals surface area contributed by atoms with E-state index in [1.165, 1.54) is 11.1 Å². The molecule has 0 amide bonds. The van der Waals surface area contributed by atoms with Crippen LogP contribution in [0.25, 0.3) is 0 Å². The van der Waals surface area contributed by atoms with Crippen LogP contribution in [0.2, 0.25) is 0 Å². The zero-order chi connectivity index (χ0) is 14.5. The maximum atomic E-state index is 4.47. The molecule has 0 radical (unpaired) electrons. The molecule has 1 heterocycles. The first-order valence-electron chi connectivity index (χ1n) is 6.64. The van der Waals surface area contributed by atoms with Crippen molar-refractivity contribution in [2.24, 2.45) is 0 Å². The second kappa shape index (κ2) is 6.19. The highest BCUT2D eigenvalue weighted by atomic mass is 15.1. The monoisotopic (exact) mass is 268 g/mol. The third-order valence-corrected chi connectivity index (χ3v) is 3.00. The largest absolute Gasteiger partial charge is 0.366 e. The van der Waals surface area contributed by atoms with Gasteiger partial charge in [0.1, 0.15) is 5.82 Å². The Bertz CT molecular complexity index is 600. The molecule has 0 saturated heterocycles.